The zero-order valence-corrected chi connectivity index (χ0v) is 5.35. The molecule has 0 bridgehead atoms. The minimum atomic E-state index is 0.838. The molecule has 1 heterocycles. The van der Waals surface area contributed by atoms with E-state index in [9.17, 15) is 0 Å². The van der Waals surface area contributed by atoms with E-state index in [1.165, 1.54) is 11.3 Å². The van der Waals surface area contributed by atoms with Crippen LogP contribution in [0.2, 0.25) is 0 Å². The highest BCUT2D eigenvalue weighted by atomic mass is 32.1. The van der Waals surface area contributed by atoms with Crippen LogP contribution < -0.4 is 10.6 Å². The van der Waals surface area contributed by atoms with Gasteiger partial charge in [-0.25, -0.2) is 0 Å². The SMILES string of the molecule is Cn1ccs/c1=N/N. The molecule has 4 heteroatoms. The molecule has 0 saturated heterocycles. The summed E-state index contributed by atoms with van der Waals surface area (Å²) in [5.41, 5.74) is 0. The van der Waals surface area contributed by atoms with E-state index in [1.54, 1.807) is 0 Å². The van der Waals surface area contributed by atoms with Crippen molar-refractivity contribution in [1.82, 2.24) is 4.57 Å². The van der Waals surface area contributed by atoms with Gasteiger partial charge in [-0.15, -0.1) is 11.3 Å². The molecular weight excluding hydrogens is 122 g/mol. The molecule has 0 atom stereocenters. The summed E-state index contributed by atoms with van der Waals surface area (Å²) in [5, 5.41) is 5.45. The quantitative estimate of drug-likeness (QED) is 0.384. The molecular formula is C4H7N3S. The lowest BCUT2D eigenvalue weighted by molar-refractivity contribution is 0.854. The van der Waals surface area contributed by atoms with Gasteiger partial charge in [-0.2, -0.15) is 5.10 Å². The number of aryl methyl sites for hydroxylation is 1. The van der Waals surface area contributed by atoms with Crippen molar-refractivity contribution in [1.29, 1.82) is 0 Å². The molecule has 44 valence electrons. The van der Waals surface area contributed by atoms with E-state index >= 15 is 0 Å². The summed E-state index contributed by atoms with van der Waals surface area (Å²) in [5.74, 6) is 5.01. The normalized spacial score (nSPS) is 12.4. The first-order chi connectivity index (χ1) is 3.84. The topological polar surface area (TPSA) is 43.3 Å². The van der Waals surface area contributed by atoms with Crippen molar-refractivity contribution >= 4 is 11.3 Å². The fourth-order valence-corrected chi connectivity index (χ4v) is 1.10. The molecule has 0 saturated carbocycles. The minimum Gasteiger partial charge on any atom is -0.325 e. The maximum atomic E-state index is 5.01. The zero-order valence-electron chi connectivity index (χ0n) is 4.53. The highest BCUT2D eigenvalue weighted by Gasteiger charge is 1.82. The van der Waals surface area contributed by atoms with Gasteiger partial charge in [0.25, 0.3) is 0 Å². The third kappa shape index (κ3) is 0.742. The zero-order chi connectivity index (χ0) is 5.98. The molecule has 1 aromatic rings. The molecule has 0 aromatic carbocycles. The Balaban J connectivity index is 3.31. The van der Waals surface area contributed by atoms with Crippen LogP contribution >= 0.6 is 11.3 Å². The fraction of sp³-hybridized carbons (Fsp3) is 0.250. The molecule has 8 heavy (non-hydrogen) atoms. The summed E-state index contributed by atoms with van der Waals surface area (Å²) in [4.78, 5) is 0.838. The largest absolute Gasteiger partial charge is 0.325 e. The second-order valence-corrected chi connectivity index (χ2v) is 2.30. The number of thiazole rings is 1. The van der Waals surface area contributed by atoms with Crippen LogP contribution in [0.4, 0.5) is 0 Å². The first-order valence-electron chi connectivity index (χ1n) is 2.18. The van der Waals surface area contributed by atoms with Crippen molar-refractivity contribution in [2.75, 3.05) is 0 Å². The summed E-state index contributed by atoms with van der Waals surface area (Å²) in [6, 6.07) is 0. The average molecular weight is 129 g/mol. The molecule has 1 aromatic heterocycles. The predicted molar refractivity (Wildman–Crippen MR) is 33.0 cm³/mol. The number of hydrogen-bond donors (Lipinski definition) is 1. The predicted octanol–water partition coefficient (Wildman–Crippen LogP) is -0.139. The van der Waals surface area contributed by atoms with Crippen LogP contribution in [-0.2, 0) is 7.05 Å². The summed E-state index contributed by atoms with van der Waals surface area (Å²) >= 11 is 1.52. The molecule has 0 aliphatic rings. The Morgan fingerprint density at radius 3 is 2.88 bits per heavy atom. The average Bonchev–Trinajstić information content (AvgIpc) is 2.14. The van der Waals surface area contributed by atoms with E-state index in [0.29, 0.717) is 0 Å². The van der Waals surface area contributed by atoms with Gasteiger partial charge in [0.2, 0.25) is 4.80 Å². The van der Waals surface area contributed by atoms with Crippen molar-refractivity contribution in [3.63, 3.8) is 0 Å². The maximum absolute atomic E-state index is 5.01. The number of nitrogens with zero attached hydrogens (tertiary/aromatic N) is 2. The lowest BCUT2D eigenvalue weighted by Crippen LogP contribution is -2.11. The van der Waals surface area contributed by atoms with Crippen LogP contribution in [0.25, 0.3) is 0 Å². The van der Waals surface area contributed by atoms with Gasteiger partial charge in [-0.05, 0) is 0 Å². The summed E-state index contributed by atoms with van der Waals surface area (Å²) < 4.78 is 1.87. The summed E-state index contributed by atoms with van der Waals surface area (Å²) in [7, 11) is 1.90. The molecule has 0 aliphatic heterocycles. The van der Waals surface area contributed by atoms with Crippen LogP contribution in [0.1, 0.15) is 0 Å². The fourth-order valence-electron chi connectivity index (χ4n) is 0.451. The minimum absolute atomic E-state index is 0.838. The number of nitrogens with two attached hydrogens (primary N) is 1. The first kappa shape index (κ1) is 5.37. The first-order valence-corrected chi connectivity index (χ1v) is 3.06. The third-order valence-electron chi connectivity index (χ3n) is 0.870. The van der Waals surface area contributed by atoms with E-state index in [0.717, 1.165) is 4.80 Å². The Morgan fingerprint density at radius 2 is 2.62 bits per heavy atom. The lowest BCUT2D eigenvalue weighted by atomic mass is 10.9. The van der Waals surface area contributed by atoms with Crippen molar-refractivity contribution < 1.29 is 0 Å². The van der Waals surface area contributed by atoms with Crippen LogP contribution in [0, 0.1) is 0 Å². The van der Waals surface area contributed by atoms with Crippen LogP contribution in [0.15, 0.2) is 16.7 Å². The van der Waals surface area contributed by atoms with Gasteiger partial charge in [0.1, 0.15) is 0 Å². The molecule has 0 fully saturated rings. The van der Waals surface area contributed by atoms with Gasteiger partial charge in [0.05, 0.1) is 0 Å². The second kappa shape index (κ2) is 2.00. The van der Waals surface area contributed by atoms with Gasteiger partial charge < -0.3 is 10.4 Å². The molecule has 3 nitrogen and oxygen atoms in total. The third-order valence-corrected chi connectivity index (χ3v) is 1.73. The van der Waals surface area contributed by atoms with Crippen LogP contribution in [0.3, 0.4) is 0 Å². The van der Waals surface area contributed by atoms with E-state index in [1.807, 2.05) is 23.2 Å². The lowest BCUT2D eigenvalue weighted by Gasteiger charge is -1.82. The van der Waals surface area contributed by atoms with Gasteiger partial charge >= 0.3 is 0 Å². The molecule has 0 radical (unpaired) electrons. The van der Waals surface area contributed by atoms with Gasteiger partial charge in [-0.1, -0.05) is 0 Å². The number of aromatic nitrogens is 1. The van der Waals surface area contributed by atoms with Crippen LogP contribution in [0.5, 0.6) is 0 Å². The Kier molecular flexibility index (Phi) is 1.34. The smallest absolute Gasteiger partial charge is 0.207 e. The Hall–Kier alpha value is -0.770. The van der Waals surface area contributed by atoms with E-state index in [4.69, 9.17) is 5.84 Å². The van der Waals surface area contributed by atoms with Crippen molar-refractivity contribution in [3.8, 4) is 0 Å². The van der Waals surface area contributed by atoms with Crippen molar-refractivity contribution in [3.05, 3.63) is 16.4 Å². The van der Waals surface area contributed by atoms with Crippen molar-refractivity contribution in [2.24, 2.45) is 18.0 Å². The molecule has 0 aliphatic carbocycles. The highest BCUT2D eigenvalue weighted by molar-refractivity contribution is 7.07. The molecule has 0 amide bonds. The van der Waals surface area contributed by atoms with Gasteiger partial charge in [0, 0.05) is 18.6 Å². The number of rotatable bonds is 0. The Bertz CT molecular complexity index is 221. The Labute approximate surface area is 51.1 Å². The van der Waals surface area contributed by atoms with Crippen LogP contribution in [-0.4, -0.2) is 4.57 Å². The van der Waals surface area contributed by atoms with E-state index < -0.39 is 0 Å². The molecule has 2 N–H and O–H groups in total. The highest BCUT2D eigenvalue weighted by Crippen LogP contribution is 1.83. The molecule has 0 unspecified atom stereocenters. The van der Waals surface area contributed by atoms with E-state index in [-0.39, 0.29) is 0 Å². The Morgan fingerprint density at radius 1 is 1.88 bits per heavy atom. The maximum Gasteiger partial charge on any atom is 0.207 e. The van der Waals surface area contributed by atoms with E-state index in [2.05, 4.69) is 5.10 Å². The summed E-state index contributed by atoms with van der Waals surface area (Å²) in [6.45, 7) is 0. The second-order valence-electron chi connectivity index (χ2n) is 1.43. The molecule has 1 rings (SSSR count). The number of hydrogen-bond acceptors (Lipinski definition) is 3. The monoisotopic (exact) mass is 129 g/mol. The molecule has 0 spiro atoms. The standard InChI is InChI=1S/C4H7N3S/c1-7-2-3-8-4(7)6-5/h2-3H,5H2,1H3/b6-4+. The summed E-state index contributed by atoms with van der Waals surface area (Å²) in [6.07, 6.45) is 1.91. The van der Waals surface area contributed by atoms with Crippen molar-refractivity contribution in [2.45, 2.75) is 0 Å². The van der Waals surface area contributed by atoms with Gasteiger partial charge in [-0.3, -0.25) is 0 Å². The van der Waals surface area contributed by atoms with Gasteiger partial charge in [0.15, 0.2) is 0 Å².